The predicted molar refractivity (Wildman–Crippen MR) is 175 cm³/mol. The summed E-state index contributed by atoms with van der Waals surface area (Å²) in [6.07, 6.45) is 6.62. The second kappa shape index (κ2) is 11.1. The minimum absolute atomic E-state index is 0.00805. The molecule has 5 unspecified atom stereocenters. The van der Waals surface area contributed by atoms with E-state index in [9.17, 15) is 4.79 Å². The lowest BCUT2D eigenvalue weighted by molar-refractivity contribution is -0.0477. The van der Waals surface area contributed by atoms with Crippen LogP contribution in [0.15, 0.2) is 73.1 Å². The molecule has 0 saturated carbocycles. The van der Waals surface area contributed by atoms with Gasteiger partial charge < -0.3 is 13.9 Å². The van der Waals surface area contributed by atoms with Crippen LogP contribution in [0.25, 0.3) is 5.70 Å². The first kappa shape index (κ1) is 30.5. The largest absolute Gasteiger partial charge is 0.488 e. The maximum Gasteiger partial charge on any atom is 0.415 e. The van der Waals surface area contributed by atoms with E-state index < -0.39 is 20.0 Å². The molecule has 0 radical (unpaired) electrons. The molecule has 2 aromatic carbocycles. The van der Waals surface area contributed by atoms with Gasteiger partial charge in [-0.2, -0.15) is 0 Å². The van der Waals surface area contributed by atoms with E-state index in [4.69, 9.17) is 13.9 Å². The highest BCUT2D eigenvalue weighted by atomic mass is 28.4. The van der Waals surface area contributed by atoms with E-state index in [0.29, 0.717) is 23.2 Å². The molecule has 1 saturated heterocycles. The molecule has 7 nitrogen and oxygen atoms in total. The van der Waals surface area contributed by atoms with E-state index in [2.05, 4.69) is 91.4 Å². The number of rotatable bonds is 7. The molecule has 1 amide bonds. The van der Waals surface area contributed by atoms with Crippen molar-refractivity contribution in [3.8, 4) is 5.75 Å². The quantitative estimate of drug-likeness (QED) is 0.294. The number of hydrogen-bond acceptors (Lipinski definition) is 6. The van der Waals surface area contributed by atoms with Gasteiger partial charge in [0.1, 0.15) is 5.60 Å². The van der Waals surface area contributed by atoms with Crippen molar-refractivity contribution in [1.29, 1.82) is 0 Å². The summed E-state index contributed by atoms with van der Waals surface area (Å²) in [5.74, 6) is 1.69. The summed E-state index contributed by atoms with van der Waals surface area (Å²) < 4.78 is 19.3. The van der Waals surface area contributed by atoms with E-state index in [0.717, 1.165) is 12.8 Å². The van der Waals surface area contributed by atoms with Gasteiger partial charge in [-0.3, -0.25) is 4.90 Å². The zero-order chi connectivity index (χ0) is 31.4. The van der Waals surface area contributed by atoms with Crippen LogP contribution >= 0.6 is 0 Å². The van der Waals surface area contributed by atoms with Gasteiger partial charge in [-0.1, -0.05) is 81.4 Å². The van der Waals surface area contributed by atoms with Crippen molar-refractivity contribution in [2.75, 3.05) is 0 Å². The van der Waals surface area contributed by atoms with E-state index in [1.54, 1.807) is 12.4 Å². The first-order valence-electron chi connectivity index (χ1n) is 15.9. The van der Waals surface area contributed by atoms with Gasteiger partial charge in [-0.15, -0.1) is 0 Å². The molecular weight excluding hydrogens is 566 g/mol. The highest BCUT2D eigenvalue weighted by Gasteiger charge is 2.79. The molecular formula is C36H45N3O4Si. The second-order valence-electron chi connectivity index (χ2n) is 14.3. The Kier molecular flexibility index (Phi) is 7.73. The monoisotopic (exact) mass is 611 g/mol. The summed E-state index contributed by atoms with van der Waals surface area (Å²) in [5.41, 5.74) is 1.32. The number of aromatic nitrogens is 2. The lowest BCUT2D eigenvalue weighted by atomic mass is 9.75. The van der Waals surface area contributed by atoms with Gasteiger partial charge in [-0.05, 0) is 75.2 Å². The van der Waals surface area contributed by atoms with Crippen molar-refractivity contribution in [3.05, 3.63) is 84.5 Å². The maximum atomic E-state index is 14.3. The van der Waals surface area contributed by atoms with E-state index >= 15 is 0 Å². The number of carbonyl (C=O) groups excluding carboxylic acids is 1. The number of nitrogens with zero attached hydrogens (tertiary/aromatic N) is 3. The number of hydrogen-bond donors (Lipinski definition) is 0. The van der Waals surface area contributed by atoms with E-state index in [-0.39, 0.29) is 29.2 Å². The van der Waals surface area contributed by atoms with Crippen LogP contribution in [0.4, 0.5) is 4.79 Å². The SMILES string of the molecule is CC(C)CC1CC=C(c2ncc(OC(C)C)cn2)N(C(=O)OC(C)(C)C)C1C1O[Si]2(c3ccccc3)c3ccccc3C12C. The first-order valence-corrected chi connectivity index (χ1v) is 17.8. The molecule has 5 atom stereocenters. The topological polar surface area (TPSA) is 73.8 Å². The van der Waals surface area contributed by atoms with Crippen LogP contribution in [0.2, 0.25) is 0 Å². The summed E-state index contributed by atoms with van der Waals surface area (Å²) in [5, 5.41) is 2.39. The summed E-state index contributed by atoms with van der Waals surface area (Å²) in [6.45, 7) is 16.5. The first-order chi connectivity index (χ1) is 20.9. The van der Waals surface area contributed by atoms with Crippen molar-refractivity contribution in [3.63, 3.8) is 0 Å². The van der Waals surface area contributed by atoms with Gasteiger partial charge in [0, 0.05) is 5.04 Å². The maximum absolute atomic E-state index is 14.3. The van der Waals surface area contributed by atoms with Crippen molar-refractivity contribution in [1.82, 2.24) is 14.9 Å². The molecule has 4 heterocycles. The molecule has 0 bridgehead atoms. The second-order valence-corrected chi connectivity index (χ2v) is 18.1. The highest BCUT2D eigenvalue weighted by molar-refractivity contribution is 7.05. The zero-order valence-corrected chi connectivity index (χ0v) is 28.2. The van der Waals surface area contributed by atoms with Crippen molar-refractivity contribution < 1.29 is 18.7 Å². The fourth-order valence-electron chi connectivity index (χ4n) is 7.65. The Morgan fingerprint density at radius 2 is 1.70 bits per heavy atom. The number of fused-ring (bicyclic) bond motifs is 4. The fraction of sp³-hybridized carbons (Fsp3) is 0.472. The zero-order valence-electron chi connectivity index (χ0n) is 27.2. The van der Waals surface area contributed by atoms with Crippen LogP contribution < -0.4 is 15.1 Å². The average molecular weight is 612 g/mol. The number of allylic oxidation sites excluding steroid dienone is 1. The Hall–Kier alpha value is -3.49. The molecule has 0 spiro atoms. The molecule has 6 rings (SSSR count). The summed E-state index contributed by atoms with van der Waals surface area (Å²) >= 11 is 0. The minimum atomic E-state index is -2.54. The molecule has 3 aliphatic rings. The van der Waals surface area contributed by atoms with Gasteiger partial charge in [0.15, 0.2) is 11.6 Å². The molecule has 3 aliphatic heterocycles. The fourth-order valence-corrected chi connectivity index (χ4v) is 13.0. The molecule has 1 aromatic heterocycles. The van der Waals surface area contributed by atoms with Gasteiger partial charge >= 0.3 is 6.09 Å². The van der Waals surface area contributed by atoms with Gasteiger partial charge in [0.05, 0.1) is 36.3 Å². The lowest BCUT2D eigenvalue weighted by Crippen LogP contribution is -2.95. The van der Waals surface area contributed by atoms with Crippen molar-refractivity contribution in [2.24, 2.45) is 11.8 Å². The number of amides is 1. The van der Waals surface area contributed by atoms with E-state index in [1.165, 1.54) is 15.9 Å². The molecule has 0 N–H and O–H groups in total. The third kappa shape index (κ3) is 4.87. The Balaban J connectivity index is 1.47. The van der Waals surface area contributed by atoms with Crippen LogP contribution in [0, 0.1) is 11.8 Å². The summed E-state index contributed by atoms with van der Waals surface area (Å²) in [4.78, 5) is 25.5. The third-order valence-corrected chi connectivity index (χ3v) is 14.2. The number of carbonyl (C=O) groups is 1. The van der Waals surface area contributed by atoms with Crippen LogP contribution in [0.1, 0.15) is 79.6 Å². The number of benzene rings is 2. The van der Waals surface area contributed by atoms with Gasteiger partial charge in [-0.25, -0.2) is 14.8 Å². The summed E-state index contributed by atoms with van der Waals surface area (Å²) in [6, 6.07) is 19.2. The highest BCUT2D eigenvalue weighted by Crippen LogP contribution is 2.59. The molecule has 3 aromatic rings. The molecule has 44 heavy (non-hydrogen) atoms. The lowest BCUT2D eigenvalue weighted by Gasteiger charge is -2.71. The molecule has 8 heteroatoms. The Morgan fingerprint density at radius 3 is 2.34 bits per heavy atom. The standard InChI is InChI=1S/C36H45N3O4Si/c1-23(2)20-25-18-19-29(33-37-21-26(22-38-33)41-24(3)4)39(34(40)42-35(5,6)7)31(25)32-36(8)28-16-12-13-17-30(28)44(36,43-32)27-14-10-9-11-15-27/h9-17,19,21-25,31-32H,18,20H2,1-8H3. The molecule has 232 valence electrons. The van der Waals surface area contributed by atoms with Crippen LogP contribution in [-0.2, 0) is 14.2 Å². The third-order valence-electron chi connectivity index (χ3n) is 9.21. The van der Waals surface area contributed by atoms with Crippen LogP contribution in [-0.4, -0.2) is 53.1 Å². The molecule has 0 aliphatic carbocycles. The van der Waals surface area contributed by atoms with E-state index in [1.807, 2.05) is 39.5 Å². The Bertz CT molecular complexity index is 1550. The Morgan fingerprint density at radius 1 is 1.05 bits per heavy atom. The number of ether oxygens (including phenoxy) is 2. The van der Waals surface area contributed by atoms with Crippen LogP contribution in [0.3, 0.4) is 0 Å². The predicted octanol–water partition coefficient (Wildman–Crippen LogP) is 6.25. The van der Waals surface area contributed by atoms with Crippen LogP contribution in [0.5, 0.6) is 5.75 Å². The normalized spacial score (nSPS) is 27.5. The summed E-state index contributed by atoms with van der Waals surface area (Å²) in [7, 11) is -2.54. The minimum Gasteiger partial charge on any atom is -0.488 e. The molecule has 1 fully saturated rings. The van der Waals surface area contributed by atoms with Gasteiger partial charge in [0.2, 0.25) is 0 Å². The Labute approximate surface area is 262 Å². The smallest absolute Gasteiger partial charge is 0.415 e. The van der Waals surface area contributed by atoms with Gasteiger partial charge in [0.25, 0.3) is 8.32 Å². The van der Waals surface area contributed by atoms with Crippen molar-refractivity contribution in [2.45, 2.75) is 97.1 Å². The van der Waals surface area contributed by atoms with Crippen molar-refractivity contribution >= 4 is 30.5 Å². The average Bonchev–Trinajstić information content (AvgIpc) is 2.96.